The van der Waals surface area contributed by atoms with Gasteiger partial charge in [-0.15, -0.1) is 0 Å². The van der Waals surface area contributed by atoms with Crippen LogP contribution in [0.2, 0.25) is 0 Å². The fourth-order valence-corrected chi connectivity index (χ4v) is 3.11. The number of fused-ring (bicyclic) bond motifs is 1. The minimum atomic E-state index is -0.0833. The highest BCUT2D eigenvalue weighted by molar-refractivity contribution is 5.93. The molecular weight excluding hydrogens is 316 g/mol. The molecule has 130 valence electrons. The number of carbonyl (C=O) groups is 2. The Hall–Kier alpha value is -2.82. The maximum Gasteiger partial charge on any atom is 0.224 e. The first-order valence-corrected chi connectivity index (χ1v) is 8.47. The number of hydrogen-bond donors (Lipinski definition) is 2. The van der Waals surface area contributed by atoms with Gasteiger partial charge in [-0.2, -0.15) is 0 Å². The molecule has 2 N–H and O–H groups in total. The van der Waals surface area contributed by atoms with Crippen molar-refractivity contribution in [2.24, 2.45) is 0 Å². The van der Waals surface area contributed by atoms with Crippen LogP contribution in [0.1, 0.15) is 29.9 Å². The number of carbonyl (C=O) groups excluding carboxylic acids is 2. The highest BCUT2D eigenvalue weighted by atomic mass is 16.5. The number of likely N-dealkylation sites (N-methyl/N-ethyl adjacent to an activating group) is 1. The van der Waals surface area contributed by atoms with Gasteiger partial charge in [-0.05, 0) is 35.6 Å². The molecule has 5 nitrogen and oxygen atoms in total. The van der Waals surface area contributed by atoms with Gasteiger partial charge in [0.2, 0.25) is 11.8 Å². The Morgan fingerprint density at radius 2 is 1.84 bits per heavy atom. The number of anilines is 1. The second-order valence-electron chi connectivity index (χ2n) is 6.13. The number of rotatable bonds is 5. The first kappa shape index (κ1) is 17.0. The summed E-state index contributed by atoms with van der Waals surface area (Å²) in [6, 6.07) is 15.3. The van der Waals surface area contributed by atoms with Gasteiger partial charge in [-0.25, -0.2) is 0 Å². The van der Waals surface area contributed by atoms with Crippen LogP contribution >= 0.6 is 0 Å². The van der Waals surface area contributed by atoms with Gasteiger partial charge >= 0.3 is 0 Å². The quantitative estimate of drug-likeness (QED) is 0.881. The monoisotopic (exact) mass is 338 g/mol. The van der Waals surface area contributed by atoms with Crippen molar-refractivity contribution >= 4 is 17.5 Å². The van der Waals surface area contributed by atoms with Gasteiger partial charge in [0.05, 0.1) is 13.0 Å². The van der Waals surface area contributed by atoms with E-state index in [0.717, 1.165) is 23.3 Å². The van der Waals surface area contributed by atoms with Crippen molar-refractivity contribution in [2.45, 2.75) is 25.2 Å². The van der Waals surface area contributed by atoms with Crippen LogP contribution in [0.5, 0.6) is 5.75 Å². The van der Waals surface area contributed by atoms with Crippen LogP contribution in [0, 0.1) is 0 Å². The van der Waals surface area contributed by atoms with Crippen LogP contribution < -0.4 is 15.4 Å². The summed E-state index contributed by atoms with van der Waals surface area (Å²) in [4.78, 5) is 24.2. The van der Waals surface area contributed by atoms with Crippen molar-refractivity contribution in [1.29, 1.82) is 0 Å². The van der Waals surface area contributed by atoms with E-state index in [1.165, 1.54) is 0 Å². The Bertz CT molecular complexity index is 773. The van der Waals surface area contributed by atoms with E-state index < -0.39 is 0 Å². The normalized spacial score (nSPS) is 15.6. The molecule has 0 aromatic heterocycles. The molecule has 1 unspecified atom stereocenters. The third kappa shape index (κ3) is 4.18. The lowest BCUT2D eigenvalue weighted by Crippen LogP contribution is -2.23. The summed E-state index contributed by atoms with van der Waals surface area (Å²) >= 11 is 0. The van der Waals surface area contributed by atoms with Crippen molar-refractivity contribution in [3.8, 4) is 5.75 Å². The Balaban J connectivity index is 1.69. The highest BCUT2D eigenvalue weighted by Crippen LogP contribution is 2.35. The summed E-state index contributed by atoms with van der Waals surface area (Å²) in [6.45, 7) is 0.627. The molecule has 1 aliphatic rings. The van der Waals surface area contributed by atoms with Crippen molar-refractivity contribution < 1.29 is 14.3 Å². The second kappa shape index (κ2) is 7.83. The number of para-hydroxylation sites is 2. The van der Waals surface area contributed by atoms with E-state index >= 15 is 0 Å². The summed E-state index contributed by atoms with van der Waals surface area (Å²) < 4.78 is 5.65. The summed E-state index contributed by atoms with van der Waals surface area (Å²) in [5.74, 6) is 0.883. The highest BCUT2D eigenvalue weighted by Gasteiger charge is 2.23. The van der Waals surface area contributed by atoms with Gasteiger partial charge in [0.15, 0.2) is 0 Å². The van der Waals surface area contributed by atoms with Crippen LogP contribution in [0.15, 0.2) is 48.5 Å². The number of amides is 2. The summed E-state index contributed by atoms with van der Waals surface area (Å²) in [5, 5.41) is 5.56. The summed E-state index contributed by atoms with van der Waals surface area (Å²) in [5.41, 5.74) is 2.58. The summed E-state index contributed by atoms with van der Waals surface area (Å²) in [7, 11) is 1.60. The van der Waals surface area contributed by atoms with Crippen LogP contribution in [-0.2, 0) is 16.0 Å². The molecule has 0 saturated carbocycles. The average molecular weight is 338 g/mol. The lowest BCUT2D eigenvalue weighted by Gasteiger charge is -2.25. The van der Waals surface area contributed by atoms with Crippen molar-refractivity contribution in [3.05, 3.63) is 59.7 Å². The SMILES string of the molecule is CNC(=O)Cc1ccccc1NC(=O)CC1CCOc2ccccc21. The Morgan fingerprint density at radius 1 is 1.08 bits per heavy atom. The minimum Gasteiger partial charge on any atom is -0.493 e. The van der Waals surface area contributed by atoms with E-state index in [0.29, 0.717) is 18.7 Å². The molecule has 5 heteroatoms. The van der Waals surface area contributed by atoms with Gasteiger partial charge in [0.25, 0.3) is 0 Å². The maximum atomic E-state index is 12.5. The lowest BCUT2D eigenvalue weighted by molar-refractivity contribution is -0.120. The Morgan fingerprint density at radius 3 is 2.68 bits per heavy atom. The number of nitrogens with one attached hydrogen (secondary N) is 2. The molecule has 0 spiro atoms. The van der Waals surface area contributed by atoms with Crippen LogP contribution in [0.25, 0.3) is 0 Å². The smallest absolute Gasteiger partial charge is 0.224 e. The van der Waals surface area contributed by atoms with E-state index in [-0.39, 0.29) is 24.2 Å². The first-order chi connectivity index (χ1) is 12.2. The van der Waals surface area contributed by atoms with Gasteiger partial charge in [-0.3, -0.25) is 9.59 Å². The zero-order chi connectivity index (χ0) is 17.6. The zero-order valence-corrected chi connectivity index (χ0v) is 14.2. The lowest BCUT2D eigenvalue weighted by atomic mass is 9.90. The van der Waals surface area contributed by atoms with Crippen molar-refractivity contribution in [1.82, 2.24) is 5.32 Å². The molecule has 0 radical (unpaired) electrons. The molecule has 0 aliphatic carbocycles. The van der Waals surface area contributed by atoms with Crippen LogP contribution in [-0.4, -0.2) is 25.5 Å². The van der Waals surface area contributed by atoms with E-state index in [2.05, 4.69) is 10.6 Å². The van der Waals surface area contributed by atoms with E-state index in [9.17, 15) is 9.59 Å². The molecule has 2 amide bonds. The molecule has 1 heterocycles. The van der Waals surface area contributed by atoms with Crippen LogP contribution in [0.4, 0.5) is 5.69 Å². The van der Waals surface area contributed by atoms with Gasteiger partial charge < -0.3 is 15.4 Å². The zero-order valence-electron chi connectivity index (χ0n) is 14.2. The van der Waals surface area contributed by atoms with E-state index in [1.54, 1.807) is 7.05 Å². The van der Waals surface area contributed by atoms with Crippen molar-refractivity contribution in [2.75, 3.05) is 19.0 Å². The van der Waals surface area contributed by atoms with E-state index in [4.69, 9.17) is 4.74 Å². The maximum absolute atomic E-state index is 12.5. The molecule has 1 atom stereocenters. The molecule has 25 heavy (non-hydrogen) atoms. The van der Waals surface area contributed by atoms with Crippen molar-refractivity contribution in [3.63, 3.8) is 0 Å². The summed E-state index contributed by atoms with van der Waals surface area (Å²) in [6.07, 6.45) is 1.46. The third-order valence-electron chi connectivity index (χ3n) is 4.44. The molecule has 0 fully saturated rings. The molecule has 2 aromatic carbocycles. The molecule has 0 bridgehead atoms. The predicted molar refractivity (Wildman–Crippen MR) is 96.8 cm³/mol. The third-order valence-corrected chi connectivity index (χ3v) is 4.44. The average Bonchev–Trinajstić information content (AvgIpc) is 2.63. The molecule has 0 saturated heterocycles. The largest absolute Gasteiger partial charge is 0.493 e. The Kier molecular flexibility index (Phi) is 5.33. The molecule has 1 aliphatic heterocycles. The van der Waals surface area contributed by atoms with E-state index in [1.807, 2.05) is 48.5 Å². The van der Waals surface area contributed by atoms with Gasteiger partial charge in [0.1, 0.15) is 5.75 Å². The molecule has 3 rings (SSSR count). The minimum absolute atomic E-state index is 0.0499. The number of benzene rings is 2. The fourth-order valence-electron chi connectivity index (χ4n) is 3.11. The molecule has 2 aromatic rings. The van der Waals surface area contributed by atoms with Gasteiger partial charge in [-0.1, -0.05) is 36.4 Å². The standard InChI is InChI=1S/C20H22N2O3/c1-21-19(23)13-15-6-2-4-8-17(15)22-20(24)12-14-10-11-25-18-9-5-3-7-16(14)18/h2-9,14H,10-13H2,1H3,(H,21,23)(H,22,24). The van der Waals surface area contributed by atoms with Gasteiger partial charge in [0, 0.05) is 19.2 Å². The predicted octanol–water partition coefficient (Wildman–Crippen LogP) is 2.87. The number of hydrogen-bond acceptors (Lipinski definition) is 3. The van der Waals surface area contributed by atoms with Crippen LogP contribution in [0.3, 0.4) is 0 Å². The first-order valence-electron chi connectivity index (χ1n) is 8.47. The second-order valence-corrected chi connectivity index (χ2v) is 6.13. The topological polar surface area (TPSA) is 67.4 Å². The fraction of sp³-hybridized carbons (Fsp3) is 0.300. The number of ether oxygens (including phenoxy) is 1. The molecular formula is C20H22N2O3. The Labute approximate surface area is 147 Å².